The number of hydrogen-bond acceptors (Lipinski definition) is 0. The van der Waals surface area contributed by atoms with E-state index in [1.165, 1.54) is 42.6 Å². The molecule has 1 aliphatic heterocycles. The maximum absolute atomic E-state index is 3.39. The van der Waals surface area contributed by atoms with Crippen LogP contribution in [0.5, 0.6) is 0 Å². The van der Waals surface area contributed by atoms with Gasteiger partial charge in [0.2, 0.25) is 0 Å². The van der Waals surface area contributed by atoms with Crippen LogP contribution in [0.3, 0.4) is 0 Å². The first-order valence-corrected chi connectivity index (χ1v) is 7.47. The molecule has 3 N–H and O–H groups in total. The van der Waals surface area contributed by atoms with Crippen molar-refractivity contribution in [1.82, 2.24) is 4.98 Å². The van der Waals surface area contributed by atoms with Crippen LogP contribution in [0.1, 0.15) is 19.4 Å². The molecule has 0 spiro atoms. The van der Waals surface area contributed by atoms with Crippen molar-refractivity contribution in [3.05, 3.63) is 36.0 Å². The van der Waals surface area contributed by atoms with Crippen molar-refractivity contribution in [3.63, 3.8) is 0 Å². The average molecular weight is 259 g/mol. The van der Waals surface area contributed by atoms with Gasteiger partial charge in [0.15, 0.2) is 0 Å². The van der Waals surface area contributed by atoms with E-state index in [1.54, 1.807) is 9.80 Å². The van der Waals surface area contributed by atoms with Gasteiger partial charge < -0.3 is 14.8 Å². The summed E-state index contributed by atoms with van der Waals surface area (Å²) in [5.41, 5.74) is 2.74. The van der Waals surface area contributed by atoms with Crippen LogP contribution in [-0.2, 0) is 6.54 Å². The van der Waals surface area contributed by atoms with E-state index in [1.807, 2.05) is 0 Å². The van der Waals surface area contributed by atoms with Crippen LogP contribution < -0.4 is 9.80 Å². The van der Waals surface area contributed by atoms with Crippen LogP contribution in [0.25, 0.3) is 10.9 Å². The van der Waals surface area contributed by atoms with Crippen LogP contribution in [-0.4, -0.2) is 37.2 Å². The standard InChI is InChI=1S/C16H23N3/c1-13(2)19-9-7-18(8-10-19)12-14-11-17-16-6-4-3-5-15(14)16/h3-6,11,13,17H,7-10,12H2,1-2H3/p+2. The van der Waals surface area contributed by atoms with Gasteiger partial charge in [-0.25, -0.2) is 0 Å². The van der Waals surface area contributed by atoms with Crippen molar-refractivity contribution in [2.45, 2.75) is 26.4 Å². The molecule has 102 valence electrons. The summed E-state index contributed by atoms with van der Waals surface area (Å²) in [5, 5.41) is 1.40. The number of rotatable bonds is 3. The second-order valence-corrected chi connectivity index (χ2v) is 6.10. The molecule has 1 aromatic heterocycles. The Morgan fingerprint density at radius 2 is 1.84 bits per heavy atom. The van der Waals surface area contributed by atoms with Gasteiger partial charge in [0.1, 0.15) is 32.7 Å². The zero-order valence-electron chi connectivity index (χ0n) is 12.0. The van der Waals surface area contributed by atoms with E-state index >= 15 is 0 Å². The lowest BCUT2D eigenvalue weighted by molar-refractivity contribution is -1.03. The minimum Gasteiger partial charge on any atom is -0.361 e. The molecule has 2 aromatic rings. The normalized spacial score (nSPS) is 24.2. The molecule has 2 heterocycles. The van der Waals surface area contributed by atoms with E-state index in [0.29, 0.717) is 0 Å². The van der Waals surface area contributed by atoms with Gasteiger partial charge >= 0.3 is 0 Å². The van der Waals surface area contributed by atoms with Gasteiger partial charge in [-0.15, -0.1) is 0 Å². The van der Waals surface area contributed by atoms with Gasteiger partial charge in [0.25, 0.3) is 0 Å². The largest absolute Gasteiger partial charge is 0.361 e. The lowest BCUT2D eigenvalue weighted by Crippen LogP contribution is -3.28. The van der Waals surface area contributed by atoms with Crippen LogP contribution in [0.4, 0.5) is 0 Å². The maximum Gasteiger partial charge on any atom is 0.127 e. The topological polar surface area (TPSA) is 24.7 Å². The predicted molar refractivity (Wildman–Crippen MR) is 78.5 cm³/mol. The summed E-state index contributed by atoms with van der Waals surface area (Å²) in [6, 6.07) is 9.40. The molecule has 1 saturated heterocycles. The molecule has 1 fully saturated rings. The number of piperazine rings is 1. The monoisotopic (exact) mass is 259 g/mol. The van der Waals surface area contributed by atoms with E-state index in [4.69, 9.17) is 0 Å². The van der Waals surface area contributed by atoms with Gasteiger partial charge in [0, 0.05) is 22.7 Å². The average Bonchev–Trinajstić information content (AvgIpc) is 2.83. The summed E-state index contributed by atoms with van der Waals surface area (Å²) in [6.07, 6.45) is 2.19. The van der Waals surface area contributed by atoms with Gasteiger partial charge in [-0.05, 0) is 19.9 Å². The van der Waals surface area contributed by atoms with Crippen LogP contribution in [0.2, 0.25) is 0 Å². The molecule has 0 saturated carbocycles. The van der Waals surface area contributed by atoms with Gasteiger partial charge in [0.05, 0.1) is 6.04 Å². The smallest absolute Gasteiger partial charge is 0.127 e. The zero-order chi connectivity index (χ0) is 13.2. The SMILES string of the molecule is CC(C)[NH+]1CC[NH+](Cc2c[nH]c3ccccc23)CC1. The summed E-state index contributed by atoms with van der Waals surface area (Å²) in [5.74, 6) is 0. The Balaban J connectivity index is 1.66. The Morgan fingerprint density at radius 3 is 2.58 bits per heavy atom. The molecular formula is C16H25N3+2. The molecule has 1 aliphatic rings. The molecule has 3 heteroatoms. The number of aromatic amines is 1. The molecule has 0 amide bonds. The predicted octanol–water partition coefficient (Wildman–Crippen LogP) is -0.140. The fourth-order valence-corrected chi connectivity index (χ4v) is 3.23. The molecule has 19 heavy (non-hydrogen) atoms. The molecular weight excluding hydrogens is 234 g/mol. The van der Waals surface area contributed by atoms with E-state index in [2.05, 4.69) is 49.3 Å². The van der Waals surface area contributed by atoms with Crippen molar-refractivity contribution >= 4 is 10.9 Å². The number of para-hydroxylation sites is 1. The fraction of sp³-hybridized carbons (Fsp3) is 0.500. The van der Waals surface area contributed by atoms with Crippen molar-refractivity contribution < 1.29 is 9.80 Å². The number of benzene rings is 1. The molecule has 0 radical (unpaired) electrons. The highest BCUT2D eigenvalue weighted by Crippen LogP contribution is 2.16. The number of quaternary nitrogens is 2. The summed E-state index contributed by atoms with van der Waals surface area (Å²) < 4.78 is 0. The Kier molecular flexibility index (Phi) is 3.58. The molecule has 0 unspecified atom stereocenters. The van der Waals surface area contributed by atoms with Crippen molar-refractivity contribution in [2.75, 3.05) is 26.2 Å². The van der Waals surface area contributed by atoms with Crippen LogP contribution in [0, 0.1) is 0 Å². The quantitative estimate of drug-likeness (QED) is 0.684. The molecule has 0 aliphatic carbocycles. The highest BCUT2D eigenvalue weighted by Gasteiger charge is 2.25. The molecule has 3 nitrogen and oxygen atoms in total. The van der Waals surface area contributed by atoms with E-state index < -0.39 is 0 Å². The van der Waals surface area contributed by atoms with Crippen molar-refractivity contribution in [2.24, 2.45) is 0 Å². The van der Waals surface area contributed by atoms with Crippen molar-refractivity contribution in [1.29, 1.82) is 0 Å². The van der Waals surface area contributed by atoms with Gasteiger partial charge in [-0.2, -0.15) is 0 Å². The first kappa shape index (κ1) is 12.7. The third-order valence-corrected chi connectivity index (χ3v) is 4.53. The summed E-state index contributed by atoms with van der Waals surface area (Å²) in [7, 11) is 0. The Morgan fingerprint density at radius 1 is 1.11 bits per heavy atom. The minimum atomic E-state index is 0.773. The minimum absolute atomic E-state index is 0.773. The lowest BCUT2D eigenvalue weighted by atomic mass is 10.1. The van der Waals surface area contributed by atoms with Gasteiger partial charge in [-0.1, -0.05) is 18.2 Å². The van der Waals surface area contributed by atoms with Crippen LogP contribution in [0.15, 0.2) is 30.5 Å². The Labute approximate surface area is 115 Å². The first-order chi connectivity index (χ1) is 9.24. The first-order valence-electron chi connectivity index (χ1n) is 7.47. The third-order valence-electron chi connectivity index (χ3n) is 4.53. The maximum atomic E-state index is 3.39. The molecule has 3 rings (SSSR count). The summed E-state index contributed by atoms with van der Waals surface area (Å²) >= 11 is 0. The van der Waals surface area contributed by atoms with E-state index in [0.717, 1.165) is 12.6 Å². The fourth-order valence-electron chi connectivity index (χ4n) is 3.23. The van der Waals surface area contributed by atoms with Crippen molar-refractivity contribution in [3.8, 4) is 0 Å². The number of nitrogens with one attached hydrogen (secondary N) is 3. The number of fused-ring (bicyclic) bond motifs is 1. The van der Waals surface area contributed by atoms with E-state index in [9.17, 15) is 0 Å². The van der Waals surface area contributed by atoms with E-state index in [-0.39, 0.29) is 0 Å². The summed E-state index contributed by atoms with van der Waals surface area (Å²) in [4.78, 5) is 6.88. The molecule has 1 aromatic carbocycles. The molecule has 0 atom stereocenters. The highest BCUT2D eigenvalue weighted by molar-refractivity contribution is 5.82. The Hall–Kier alpha value is -1.32. The second kappa shape index (κ2) is 5.35. The second-order valence-electron chi connectivity index (χ2n) is 6.10. The number of hydrogen-bond donors (Lipinski definition) is 3. The zero-order valence-corrected chi connectivity index (χ0v) is 12.0. The highest BCUT2D eigenvalue weighted by atomic mass is 15.3. The summed E-state index contributed by atoms with van der Waals surface area (Å²) in [6.45, 7) is 11.1. The van der Waals surface area contributed by atoms with Gasteiger partial charge in [-0.3, -0.25) is 0 Å². The number of H-pyrrole nitrogens is 1. The molecule has 0 bridgehead atoms. The number of aromatic nitrogens is 1. The third kappa shape index (κ3) is 2.67. The van der Waals surface area contributed by atoms with Crippen LogP contribution >= 0.6 is 0 Å². The Bertz CT molecular complexity index is 536. The lowest BCUT2D eigenvalue weighted by Gasteiger charge is -2.31.